The lowest BCUT2D eigenvalue weighted by molar-refractivity contribution is -0.122. The molecular formula is C8H12ClNO3S. The molecule has 4 nitrogen and oxygen atoms in total. The van der Waals surface area contributed by atoms with Crippen molar-refractivity contribution in [3.63, 3.8) is 0 Å². The lowest BCUT2D eigenvalue weighted by atomic mass is 10.2. The third kappa shape index (κ3) is 2.20. The Balaban J connectivity index is 1.95. The van der Waals surface area contributed by atoms with Crippen LogP contribution in [0.2, 0.25) is 0 Å². The molecule has 1 saturated carbocycles. The minimum absolute atomic E-state index is 0.0143. The maximum atomic E-state index is 11.4. The molecule has 0 radical (unpaired) electrons. The van der Waals surface area contributed by atoms with Crippen molar-refractivity contribution >= 4 is 27.3 Å². The molecule has 2 aliphatic rings. The lowest BCUT2D eigenvalue weighted by Crippen LogP contribution is -2.41. The van der Waals surface area contributed by atoms with Crippen molar-refractivity contribution in [1.82, 2.24) is 5.32 Å². The maximum absolute atomic E-state index is 11.4. The van der Waals surface area contributed by atoms with Gasteiger partial charge in [-0.05, 0) is 12.8 Å². The van der Waals surface area contributed by atoms with Crippen LogP contribution in [0, 0.1) is 5.92 Å². The van der Waals surface area contributed by atoms with Gasteiger partial charge in [-0.3, -0.25) is 4.79 Å². The third-order valence-corrected chi connectivity index (χ3v) is 4.93. The van der Waals surface area contributed by atoms with Gasteiger partial charge in [-0.15, -0.1) is 11.6 Å². The number of halogens is 1. The molecule has 80 valence electrons. The molecule has 1 amide bonds. The fourth-order valence-corrected chi connectivity index (χ4v) is 4.13. The Labute approximate surface area is 87.9 Å². The number of alkyl halides is 1. The zero-order valence-electron chi connectivity index (χ0n) is 7.57. The maximum Gasteiger partial charge on any atom is 0.223 e. The van der Waals surface area contributed by atoms with Crippen molar-refractivity contribution in [3.8, 4) is 0 Å². The van der Waals surface area contributed by atoms with E-state index in [4.69, 9.17) is 11.6 Å². The molecule has 1 N–H and O–H groups in total. The molecule has 2 rings (SSSR count). The quantitative estimate of drug-likeness (QED) is 0.684. The Kier molecular flexibility index (Phi) is 2.47. The van der Waals surface area contributed by atoms with E-state index in [0.29, 0.717) is 0 Å². The van der Waals surface area contributed by atoms with E-state index in [2.05, 4.69) is 5.32 Å². The fourth-order valence-electron chi connectivity index (χ4n) is 1.58. The first-order valence-corrected chi connectivity index (χ1v) is 6.88. The zero-order valence-corrected chi connectivity index (χ0v) is 9.14. The zero-order chi connectivity index (χ0) is 10.3. The van der Waals surface area contributed by atoms with E-state index in [9.17, 15) is 13.2 Å². The topological polar surface area (TPSA) is 63.2 Å². The van der Waals surface area contributed by atoms with Crippen LogP contribution < -0.4 is 5.32 Å². The summed E-state index contributed by atoms with van der Waals surface area (Å²) < 4.78 is 22.4. The Morgan fingerprint density at radius 1 is 1.29 bits per heavy atom. The van der Waals surface area contributed by atoms with Crippen LogP contribution in [0.5, 0.6) is 0 Å². The van der Waals surface area contributed by atoms with Crippen LogP contribution >= 0.6 is 11.6 Å². The third-order valence-electron chi connectivity index (χ3n) is 2.56. The summed E-state index contributed by atoms with van der Waals surface area (Å²) in [6.45, 7) is 0. The van der Waals surface area contributed by atoms with Crippen molar-refractivity contribution in [3.05, 3.63) is 0 Å². The van der Waals surface area contributed by atoms with Gasteiger partial charge in [0.2, 0.25) is 5.91 Å². The number of nitrogens with one attached hydrogen (secondary N) is 1. The molecule has 2 fully saturated rings. The monoisotopic (exact) mass is 237 g/mol. The highest BCUT2D eigenvalue weighted by Gasteiger charge is 2.39. The number of rotatable bonds is 2. The van der Waals surface area contributed by atoms with Gasteiger partial charge in [-0.1, -0.05) is 0 Å². The molecule has 1 heterocycles. The lowest BCUT2D eigenvalue weighted by Gasteiger charge is -2.13. The largest absolute Gasteiger partial charge is 0.351 e. The second kappa shape index (κ2) is 3.38. The van der Waals surface area contributed by atoms with Crippen molar-refractivity contribution < 1.29 is 13.2 Å². The summed E-state index contributed by atoms with van der Waals surface area (Å²) in [7, 11) is -3.04. The molecule has 14 heavy (non-hydrogen) atoms. The molecule has 0 aromatic rings. The highest BCUT2D eigenvalue weighted by atomic mass is 35.5. The average Bonchev–Trinajstić information content (AvgIpc) is 2.79. The van der Waals surface area contributed by atoms with Gasteiger partial charge in [-0.2, -0.15) is 0 Å². The van der Waals surface area contributed by atoms with Crippen LogP contribution in [0.15, 0.2) is 0 Å². The Morgan fingerprint density at radius 3 is 2.36 bits per heavy atom. The Bertz CT molecular complexity index is 350. The first-order chi connectivity index (χ1) is 6.48. The van der Waals surface area contributed by atoms with Gasteiger partial charge in [0.25, 0.3) is 0 Å². The summed E-state index contributed by atoms with van der Waals surface area (Å²) in [6.07, 6.45) is 1.83. The second-order valence-electron chi connectivity index (χ2n) is 3.98. The van der Waals surface area contributed by atoms with E-state index in [-0.39, 0.29) is 23.3 Å². The summed E-state index contributed by atoms with van der Waals surface area (Å²) in [5.41, 5.74) is 0. The van der Waals surface area contributed by atoms with Crippen LogP contribution in [0.1, 0.15) is 12.8 Å². The smallest absolute Gasteiger partial charge is 0.223 e. The van der Waals surface area contributed by atoms with Crippen molar-refractivity contribution in [1.29, 1.82) is 0 Å². The molecule has 1 saturated heterocycles. The first kappa shape index (κ1) is 10.2. The molecule has 6 heteroatoms. The minimum Gasteiger partial charge on any atom is -0.351 e. The van der Waals surface area contributed by atoms with Gasteiger partial charge >= 0.3 is 0 Å². The van der Waals surface area contributed by atoms with Crippen LogP contribution in [0.25, 0.3) is 0 Å². The van der Waals surface area contributed by atoms with Crippen molar-refractivity contribution in [2.24, 2.45) is 5.92 Å². The Hall–Kier alpha value is -0.290. The van der Waals surface area contributed by atoms with Gasteiger partial charge in [-0.25, -0.2) is 8.42 Å². The van der Waals surface area contributed by atoms with Gasteiger partial charge in [0.05, 0.1) is 22.9 Å². The predicted octanol–water partition coefficient (Wildman–Crippen LogP) is -0.0830. The Morgan fingerprint density at radius 2 is 1.93 bits per heavy atom. The molecular weight excluding hydrogens is 226 g/mol. The van der Waals surface area contributed by atoms with Crippen LogP contribution in [-0.4, -0.2) is 37.2 Å². The van der Waals surface area contributed by atoms with Gasteiger partial charge in [0, 0.05) is 5.92 Å². The molecule has 1 aliphatic carbocycles. The van der Waals surface area contributed by atoms with E-state index < -0.39 is 21.3 Å². The van der Waals surface area contributed by atoms with Crippen LogP contribution in [-0.2, 0) is 14.6 Å². The molecule has 2 atom stereocenters. The van der Waals surface area contributed by atoms with Gasteiger partial charge in [0.1, 0.15) is 0 Å². The van der Waals surface area contributed by atoms with E-state index in [1.54, 1.807) is 0 Å². The fraction of sp³-hybridized carbons (Fsp3) is 0.875. The molecule has 0 aromatic heterocycles. The molecule has 0 unspecified atom stereocenters. The van der Waals surface area contributed by atoms with E-state index >= 15 is 0 Å². The molecule has 0 spiro atoms. The number of carbonyl (C=O) groups excluding carboxylic acids is 1. The van der Waals surface area contributed by atoms with Gasteiger partial charge < -0.3 is 5.32 Å². The van der Waals surface area contributed by atoms with E-state index in [1.165, 1.54) is 0 Å². The summed E-state index contributed by atoms with van der Waals surface area (Å²) >= 11 is 5.84. The standard InChI is InChI=1S/C8H12ClNO3S/c9-6-3-14(12,13)4-7(6)10-8(11)5-1-2-5/h5-7H,1-4H2,(H,10,11)/t6-,7+/m0/s1. The van der Waals surface area contributed by atoms with Crippen molar-refractivity contribution in [2.75, 3.05) is 11.5 Å². The summed E-state index contributed by atoms with van der Waals surface area (Å²) in [6, 6.07) is -0.394. The molecule has 1 aliphatic heterocycles. The second-order valence-corrected chi connectivity index (χ2v) is 6.70. The SMILES string of the molecule is O=C(N[C@@H]1CS(=O)(=O)C[C@@H]1Cl)C1CC1. The summed E-state index contributed by atoms with van der Waals surface area (Å²) in [5.74, 6) is 0.0176. The highest BCUT2D eigenvalue weighted by molar-refractivity contribution is 7.91. The van der Waals surface area contributed by atoms with Crippen molar-refractivity contribution in [2.45, 2.75) is 24.3 Å². The number of hydrogen-bond donors (Lipinski definition) is 1. The highest BCUT2D eigenvalue weighted by Crippen LogP contribution is 2.29. The van der Waals surface area contributed by atoms with Crippen LogP contribution in [0.3, 0.4) is 0 Å². The summed E-state index contributed by atoms with van der Waals surface area (Å²) in [4.78, 5) is 11.4. The number of sulfone groups is 1. The molecule has 0 aromatic carbocycles. The average molecular weight is 238 g/mol. The van der Waals surface area contributed by atoms with Gasteiger partial charge in [0.15, 0.2) is 9.84 Å². The number of carbonyl (C=O) groups is 1. The molecule has 0 bridgehead atoms. The predicted molar refractivity (Wildman–Crippen MR) is 52.9 cm³/mol. The number of hydrogen-bond acceptors (Lipinski definition) is 3. The normalized spacial score (nSPS) is 35.5. The summed E-state index contributed by atoms with van der Waals surface area (Å²) in [5, 5.41) is 2.23. The van der Waals surface area contributed by atoms with E-state index in [1.807, 2.05) is 0 Å². The number of amides is 1. The van der Waals surface area contributed by atoms with Crippen LogP contribution in [0.4, 0.5) is 0 Å². The minimum atomic E-state index is -3.04. The van der Waals surface area contributed by atoms with E-state index in [0.717, 1.165) is 12.8 Å². The first-order valence-electron chi connectivity index (χ1n) is 4.63.